The second kappa shape index (κ2) is 8.93. The summed E-state index contributed by atoms with van der Waals surface area (Å²) < 4.78 is 9.96. The van der Waals surface area contributed by atoms with Crippen LogP contribution in [-0.4, -0.2) is 50.6 Å². The summed E-state index contributed by atoms with van der Waals surface area (Å²) >= 11 is 0. The largest absolute Gasteiger partial charge is 0.478 e. The van der Waals surface area contributed by atoms with Crippen LogP contribution in [0, 0.1) is 0 Å². The summed E-state index contributed by atoms with van der Waals surface area (Å²) in [5.41, 5.74) is 1.02. The van der Waals surface area contributed by atoms with Gasteiger partial charge >= 0.3 is 12.0 Å². The third-order valence-corrected chi connectivity index (χ3v) is 2.72. The number of rotatable bonds is 8. The highest BCUT2D eigenvalue weighted by molar-refractivity contribution is 5.87. The van der Waals surface area contributed by atoms with Gasteiger partial charge in [0.2, 0.25) is 0 Å². The smallest absolute Gasteiger partial charge is 0.335 e. The number of benzene rings is 1. The molecule has 0 spiro atoms. The maximum Gasteiger partial charge on any atom is 0.335 e. The maximum absolute atomic E-state index is 11.7. The van der Waals surface area contributed by atoms with Gasteiger partial charge in [0.25, 0.3) is 0 Å². The van der Waals surface area contributed by atoms with Crippen LogP contribution in [0.2, 0.25) is 0 Å². The zero-order valence-electron chi connectivity index (χ0n) is 12.1. The van der Waals surface area contributed by atoms with E-state index in [-0.39, 0.29) is 17.6 Å². The van der Waals surface area contributed by atoms with Gasteiger partial charge in [-0.05, 0) is 17.7 Å². The van der Waals surface area contributed by atoms with Crippen LogP contribution in [-0.2, 0) is 16.0 Å². The number of carbonyl (C=O) groups excluding carboxylic acids is 1. The van der Waals surface area contributed by atoms with Crippen molar-refractivity contribution in [2.75, 3.05) is 27.4 Å². The predicted molar refractivity (Wildman–Crippen MR) is 76.3 cm³/mol. The molecule has 0 radical (unpaired) electrons. The van der Waals surface area contributed by atoms with E-state index in [1.165, 1.54) is 12.1 Å². The van der Waals surface area contributed by atoms with Gasteiger partial charge in [0.1, 0.15) is 0 Å². The Bertz CT molecular complexity index is 455. The molecule has 0 aliphatic carbocycles. The van der Waals surface area contributed by atoms with Crippen molar-refractivity contribution in [1.29, 1.82) is 0 Å². The predicted octanol–water partition coefficient (Wildman–Crippen LogP) is 0.845. The molecule has 2 amide bonds. The zero-order chi connectivity index (χ0) is 15.7. The molecule has 0 aromatic heterocycles. The second-order valence-electron chi connectivity index (χ2n) is 4.44. The van der Waals surface area contributed by atoms with Gasteiger partial charge < -0.3 is 25.2 Å². The number of amides is 2. The first-order valence-corrected chi connectivity index (χ1v) is 6.41. The maximum atomic E-state index is 11.7. The first-order chi connectivity index (χ1) is 10.1. The average Bonchev–Trinajstić information content (AvgIpc) is 2.46. The Morgan fingerprint density at radius 2 is 1.71 bits per heavy atom. The van der Waals surface area contributed by atoms with E-state index in [1.54, 1.807) is 26.4 Å². The molecule has 0 saturated carbocycles. The lowest BCUT2D eigenvalue weighted by atomic mass is 10.1. The number of aromatic carboxylic acids is 1. The Morgan fingerprint density at radius 1 is 1.14 bits per heavy atom. The first kappa shape index (κ1) is 16.9. The SMILES string of the molecule is COCC(COC)NC(=O)NCc1ccc(C(=O)O)cc1. The fourth-order valence-corrected chi connectivity index (χ4v) is 1.72. The van der Waals surface area contributed by atoms with Gasteiger partial charge in [-0.25, -0.2) is 9.59 Å². The van der Waals surface area contributed by atoms with Crippen LogP contribution in [0.4, 0.5) is 4.79 Å². The molecule has 1 rings (SSSR count). The number of hydrogen-bond acceptors (Lipinski definition) is 4. The van der Waals surface area contributed by atoms with Gasteiger partial charge in [-0.3, -0.25) is 0 Å². The van der Waals surface area contributed by atoms with Crippen molar-refractivity contribution in [3.63, 3.8) is 0 Å². The number of ether oxygens (including phenoxy) is 2. The minimum absolute atomic E-state index is 0.212. The Labute approximate surface area is 123 Å². The van der Waals surface area contributed by atoms with Crippen molar-refractivity contribution in [2.45, 2.75) is 12.6 Å². The minimum atomic E-state index is -0.978. The average molecular weight is 296 g/mol. The molecule has 0 saturated heterocycles. The highest BCUT2D eigenvalue weighted by Gasteiger charge is 2.11. The highest BCUT2D eigenvalue weighted by Crippen LogP contribution is 2.04. The standard InChI is InChI=1S/C14H20N2O5/c1-20-8-12(9-21-2)16-14(19)15-7-10-3-5-11(6-4-10)13(17)18/h3-6,12H,7-9H2,1-2H3,(H,17,18)(H2,15,16,19). The lowest BCUT2D eigenvalue weighted by Gasteiger charge is -2.17. The molecule has 21 heavy (non-hydrogen) atoms. The molecule has 1 aromatic rings. The van der Waals surface area contributed by atoms with Crippen LogP contribution in [0.5, 0.6) is 0 Å². The van der Waals surface area contributed by atoms with Crippen molar-refractivity contribution in [3.05, 3.63) is 35.4 Å². The van der Waals surface area contributed by atoms with Gasteiger partial charge in [0.15, 0.2) is 0 Å². The quantitative estimate of drug-likeness (QED) is 0.660. The number of carbonyl (C=O) groups is 2. The van der Waals surface area contributed by atoms with Crippen molar-refractivity contribution < 1.29 is 24.2 Å². The van der Waals surface area contributed by atoms with Gasteiger partial charge in [-0.1, -0.05) is 12.1 Å². The highest BCUT2D eigenvalue weighted by atomic mass is 16.5. The molecule has 0 aliphatic heterocycles. The molecule has 116 valence electrons. The molecule has 0 bridgehead atoms. The molecular weight excluding hydrogens is 276 g/mol. The van der Waals surface area contributed by atoms with E-state index in [1.807, 2.05) is 0 Å². The van der Waals surface area contributed by atoms with Crippen molar-refractivity contribution >= 4 is 12.0 Å². The lowest BCUT2D eigenvalue weighted by Crippen LogP contribution is -2.46. The Balaban J connectivity index is 2.42. The number of nitrogens with one attached hydrogen (secondary N) is 2. The van der Waals surface area contributed by atoms with Crippen LogP contribution in [0.25, 0.3) is 0 Å². The van der Waals surface area contributed by atoms with E-state index in [0.717, 1.165) is 5.56 Å². The summed E-state index contributed by atoms with van der Waals surface area (Å²) in [6, 6.07) is 5.74. The molecule has 1 aromatic carbocycles. The van der Waals surface area contributed by atoms with Gasteiger partial charge in [-0.2, -0.15) is 0 Å². The normalized spacial score (nSPS) is 10.4. The van der Waals surface area contributed by atoms with Crippen LogP contribution in [0.1, 0.15) is 15.9 Å². The first-order valence-electron chi connectivity index (χ1n) is 6.41. The van der Waals surface area contributed by atoms with Gasteiger partial charge in [0.05, 0.1) is 24.8 Å². The topological polar surface area (TPSA) is 96.9 Å². The Morgan fingerprint density at radius 3 is 2.19 bits per heavy atom. The molecule has 7 nitrogen and oxygen atoms in total. The molecule has 0 unspecified atom stereocenters. The van der Waals surface area contributed by atoms with Gasteiger partial charge in [-0.15, -0.1) is 0 Å². The molecular formula is C14H20N2O5. The van der Waals surface area contributed by atoms with Crippen LogP contribution < -0.4 is 10.6 Å². The third kappa shape index (κ3) is 6.24. The second-order valence-corrected chi connectivity index (χ2v) is 4.44. The molecule has 0 fully saturated rings. The minimum Gasteiger partial charge on any atom is -0.478 e. The zero-order valence-corrected chi connectivity index (χ0v) is 12.1. The molecule has 7 heteroatoms. The summed E-state index contributed by atoms with van der Waals surface area (Å²) in [5.74, 6) is -0.978. The lowest BCUT2D eigenvalue weighted by molar-refractivity contribution is 0.0697. The van der Waals surface area contributed by atoms with Crippen LogP contribution >= 0.6 is 0 Å². The van der Waals surface area contributed by atoms with Crippen molar-refractivity contribution in [1.82, 2.24) is 10.6 Å². The van der Waals surface area contributed by atoms with E-state index in [4.69, 9.17) is 14.6 Å². The van der Waals surface area contributed by atoms with Crippen molar-refractivity contribution in [2.24, 2.45) is 0 Å². The van der Waals surface area contributed by atoms with Crippen LogP contribution in [0.15, 0.2) is 24.3 Å². The van der Waals surface area contributed by atoms with E-state index in [0.29, 0.717) is 19.8 Å². The summed E-state index contributed by atoms with van der Waals surface area (Å²) in [7, 11) is 3.10. The number of urea groups is 1. The third-order valence-electron chi connectivity index (χ3n) is 2.72. The fourth-order valence-electron chi connectivity index (χ4n) is 1.72. The number of carboxylic acid groups (broad SMARTS) is 1. The Hall–Kier alpha value is -2.12. The van der Waals surface area contributed by atoms with E-state index in [2.05, 4.69) is 10.6 Å². The fraction of sp³-hybridized carbons (Fsp3) is 0.429. The van der Waals surface area contributed by atoms with Crippen molar-refractivity contribution in [3.8, 4) is 0 Å². The van der Waals surface area contributed by atoms with E-state index in [9.17, 15) is 9.59 Å². The number of methoxy groups -OCH3 is 2. The molecule has 0 heterocycles. The summed E-state index contributed by atoms with van der Waals surface area (Å²) in [4.78, 5) is 22.4. The van der Waals surface area contributed by atoms with E-state index >= 15 is 0 Å². The van der Waals surface area contributed by atoms with E-state index < -0.39 is 5.97 Å². The number of carboxylic acids is 1. The molecule has 0 atom stereocenters. The monoisotopic (exact) mass is 296 g/mol. The number of hydrogen-bond donors (Lipinski definition) is 3. The molecule has 3 N–H and O–H groups in total. The summed E-state index contributed by atoms with van der Waals surface area (Å²) in [6.45, 7) is 1.02. The summed E-state index contributed by atoms with van der Waals surface area (Å²) in [5, 5.41) is 14.2. The Kier molecular flexibility index (Phi) is 7.20. The van der Waals surface area contributed by atoms with Gasteiger partial charge in [0, 0.05) is 20.8 Å². The van der Waals surface area contributed by atoms with Crippen LogP contribution in [0.3, 0.4) is 0 Å². The molecule has 0 aliphatic rings. The summed E-state index contributed by atoms with van der Waals surface area (Å²) in [6.07, 6.45) is 0.